The molecule has 0 spiro atoms. The predicted molar refractivity (Wildman–Crippen MR) is 97.8 cm³/mol. The molecule has 0 radical (unpaired) electrons. The van der Waals surface area contributed by atoms with Gasteiger partial charge in [-0.1, -0.05) is 12.8 Å². The smallest absolute Gasteiger partial charge is 0.410 e. The Morgan fingerprint density at radius 3 is 2.46 bits per heavy atom. The molecule has 7 nitrogen and oxygen atoms in total. The molecule has 2 atom stereocenters. The average molecular weight is 362 g/mol. The zero-order valence-electron chi connectivity index (χ0n) is 16.3. The van der Waals surface area contributed by atoms with Crippen LogP contribution in [0.25, 0.3) is 0 Å². The standard InChI is InChI=1S/C19H30N4O3/c1-19(2,3)26-18(25)23-10-7-5-6-8-15-16(23)9-11-22(15)17(24)14-12-21(4)13-20-14/h12-13,15-16H,5-11H2,1-4H3/t15-,16-/m1/s1. The number of carbonyl (C=O) groups is 2. The number of fused-ring (bicyclic) bond motifs is 1. The van der Waals surface area contributed by atoms with E-state index in [0.717, 1.165) is 32.1 Å². The Hall–Kier alpha value is -2.05. The minimum absolute atomic E-state index is 0.0258. The molecule has 2 saturated heterocycles. The van der Waals surface area contributed by atoms with Crippen molar-refractivity contribution in [3.05, 3.63) is 18.2 Å². The number of rotatable bonds is 1. The van der Waals surface area contributed by atoms with Gasteiger partial charge in [-0.05, 0) is 40.0 Å². The zero-order valence-corrected chi connectivity index (χ0v) is 16.3. The van der Waals surface area contributed by atoms with Crippen LogP contribution in [-0.2, 0) is 11.8 Å². The van der Waals surface area contributed by atoms with Gasteiger partial charge in [0.1, 0.15) is 11.3 Å². The summed E-state index contributed by atoms with van der Waals surface area (Å²) in [5.41, 5.74) is -0.0455. The highest BCUT2D eigenvalue weighted by Crippen LogP contribution is 2.31. The van der Waals surface area contributed by atoms with E-state index in [1.165, 1.54) is 0 Å². The number of hydrogen-bond donors (Lipinski definition) is 0. The van der Waals surface area contributed by atoms with E-state index in [9.17, 15) is 9.59 Å². The fraction of sp³-hybridized carbons (Fsp3) is 0.737. The van der Waals surface area contributed by atoms with E-state index in [1.807, 2.05) is 37.6 Å². The van der Waals surface area contributed by atoms with Crippen LogP contribution >= 0.6 is 0 Å². The summed E-state index contributed by atoms with van der Waals surface area (Å²) in [6.45, 7) is 7.01. The van der Waals surface area contributed by atoms with Crippen LogP contribution in [0.4, 0.5) is 4.79 Å². The summed E-state index contributed by atoms with van der Waals surface area (Å²) in [6.07, 6.45) is 7.97. The first-order chi connectivity index (χ1) is 12.3. The molecule has 1 aromatic rings. The van der Waals surface area contributed by atoms with Crippen LogP contribution < -0.4 is 0 Å². The van der Waals surface area contributed by atoms with Gasteiger partial charge in [-0.15, -0.1) is 0 Å². The highest BCUT2D eigenvalue weighted by atomic mass is 16.6. The van der Waals surface area contributed by atoms with Gasteiger partial charge in [0.25, 0.3) is 5.91 Å². The molecule has 0 aromatic carbocycles. The van der Waals surface area contributed by atoms with Gasteiger partial charge in [0, 0.05) is 26.3 Å². The van der Waals surface area contributed by atoms with Crippen molar-refractivity contribution in [2.24, 2.45) is 7.05 Å². The Bertz CT molecular complexity index is 664. The first-order valence-corrected chi connectivity index (χ1v) is 9.55. The van der Waals surface area contributed by atoms with Crippen molar-refractivity contribution in [2.75, 3.05) is 13.1 Å². The van der Waals surface area contributed by atoms with Crippen molar-refractivity contribution in [2.45, 2.75) is 70.6 Å². The predicted octanol–water partition coefficient (Wildman–Crippen LogP) is 2.81. The van der Waals surface area contributed by atoms with Crippen LogP contribution in [0.5, 0.6) is 0 Å². The Kier molecular flexibility index (Phi) is 5.25. The molecule has 0 saturated carbocycles. The summed E-state index contributed by atoms with van der Waals surface area (Å²) in [5, 5.41) is 0. The van der Waals surface area contributed by atoms with Crippen LogP contribution in [0.1, 0.15) is 63.4 Å². The highest BCUT2D eigenvalue weighted by Gasteiger charge is 2.43. The second-order valence-corrected chi connectivity index (χ2v) is 8.37. The number of likely N-dealkylation sites (tertiary alicyclic amines) is 2. The molecule has 2 fully saturated rings. The Balaban J connectivity index is 1.79. The molecule has 2 amide bonds. The first-order valence-electron chi connectivity index (χ1n) is 9.55. The Labute approximate surface area is 155 Å². The molecule has 1 aromatic heterocycles. The first kappa shape index (κ1) is 18.7. The third-order valence-electron chi connectivity index (χ3n) is 5.12. The second kappa shape index (κ2) is 7.29. The normalized spacial score (nSPS) is 24.0. The van der Waals surface area contributed by atoms with Gasteiger partial charge >= 0.3 is 6.09 Å². The van der Waals surface area contributed by atoms with Crippen molar-refractivity contribution in [1.29, 1.82) is 0 Å². The van der Waals surface area contributed by atoms with Crippen LogP contribution in [-0.4, -0.2) is 62.1 Å². The molecule has 144 valence electrons. The number of carbonyl (C=O) groups excluding carboxylic acids is 2. The highest BCUT2D eigenvalue weighted by molar-refractivity contribution is 5.92. The van der Waals surface area contributed by atoms with Crippen LogP contribution in [0.2, 0.25) is 0 Å². The number of amides is 2. The number of imidazole rings is 1. The SMILES string of the molecule is Cn1cnc(C(=O)N2CC[C@@H]3[C@H]2CCCCCN3C(=O)OC(C)(C)C)c1. The van der Waals surface area contributed by atoms with E-state index in [1.54, 1.807) is 17.1 Å². The van der Waals surface area contributed by atoms with Crippen LogP contribution in [0, 0.1) is 0 Å². The minimum Gasteiger partial charge on any atom is -0.444 e. The fourth-order valence-electron chi connectivity index (χ4n) is 4.00. The van der Waals surface area contributed by atoms with Gasteiger partial charge in [-0.3, -0.25) is 4.79 Å². The van der Waals surface area contributed by atoms with Gasteiger partial charge in [-0.2, -0.15) is 0 Å². The van der Waals surface area contributed by atoms with Crippen molar-refractivity contribution in [1.82, 2.24) is 19.4 Å². The summed E-state index contributed by atoms with van der Waals surface area (Å²) < 4.78 is 7.42. The average Bonchev–Trinajstić information content (AvgIpc) is 3.11. The van der Waals surface area contributed by atoms with E-state index in [2.05, 4.69) is 4.98 Å². The molecular formula is C19H30N4O3. The second-order valence-electron chi connectivity index (χ2n) is 8.37. The van der Waals surface area contributed by atoms with Crippen molar-refractivity contribution >= 4 is 12.0 Å². The number of hydrogen-bond acceptors (Lipinski definition) is 4. The summed E-state index contributed by atoms with van der Waals surface area (Å²) >= 11 is 0. The van der Waals surface area contributed by atoms with E-state index in [0.29, 0.717) is 18.8 Å². The maximum absolute atomic E-state index is 12.9. The van der Waals surface area contributed by atoms with Gasteiger partial charge in [-0.25, -0.2) is 9.78 Å². The largest absolute Gasteiger partial charge is 0.444 e. The molecule has 3 rings (SSSR count). The maximum Gasteiger partial charge on any atom is 0.410 e. The van der Waals surface area contributed by atoms with Gasteiger partial charge < -0.3 is 19.1 Å². The topological polar surface area (TPSA) is 67.7 Å². The summed E-state index contributed by atoms with van der Waals surface area (Å²) in [5.74, 6) is -0.0391. The lowest BCUT2D eigenvalue weighted by Crippen LogP contribution is -2.51. The third-order valence-corrected chi connectivity index (χ3v) is 5.12. The van der Waals surface area contributed by atoms with E-state index in [-0.39, 0.29) is 24.1 Å². The monoisotopic (exact) mass is 362 g/mol. The zero-order chi connectivity index (χ0) is 18.9. The number of aryl methyl sites for hydroxylation is 1. The van der Waals surface area contributed by atoms with Crippen molar-refractivity contribution in [3.8, 4) is 0 Å². The molecule has 0 aliphatic carbocycles. The molecular weight excluding hydrogens is 332 g/mol. The van der Waals surface area contributed by atoms with E-state index >= 15 is 0 Å². The Morgan fingerprint density at radius 1 is 1.08 bits per heavy atom. The molecule has 0 N–H and O–H groups in total. The van der Waals surface area contributed by atoms with Crippen LogP contribution in [0.15, 0.2) is 12.5 Å². The van der Waals surface area contributed by atoms with Gasteiger partial charge in [0.2, 0.25) is 0 Å². The molecule has 7 heteroatoms. The molecule has 2 aliphatic heterocycles. The summed E-state index contributed by atoms with van der Waals surface area (Å²) in [7, 11) is 1.86. The number of ether oxygens (including phenoxy) is 1. The van der Waals surface area contributed by atoms with Gasteiger partial charge in [0.15, 0.2) is 0 Å². The molecule has 2 aliphatic rings. The van der Waals surface area contributed by atoms with Crippen molar-refractivity contribution < 1.29 is 14.3 Å². The third kappa shape index (κ3) is 4.02. The maximum atomic E-state index is 12.9. The van der Waals surface area contributed by atoms with Crippen LogP contribution in [0.3, 0.4) is 0 Å². The minimum atomic E-state index is -0.517. The molecule has 26 heavy (non-hydrogen) atoms. The Morgan fingerprint density at radius 2 is 1.81 bits per heavy atom. The van der Waals surface area contributed by atoms with Crippen molar-refractivity contribution in [3.63, 3.8) is 0 Å². The summed E-state index contributed by atoms with van der Waals surface area (Å²) in [6, 6.07) is 0.0649. The van der Waals surface area contributed by atoms with Gasteiger partial charge in [0.05, 0.1) is 18.4 Å². The van der Waals surface area contributed by atoms with E-state index < -0.39 is 5.60 Å². The molecule has 3 heterocycles. The quantitative estimate of drug-likeness (QED) is 0.770. The number of aromatic nitrogens is 2. The van der Waals surface area contributed by atoms with E-state index in [4.69, 9.17) is 4.74 Å². The lowest BCUT2D eigenvalue weighted by Gasteiger charge is -2.37. The number of nitrogens with zero attached hydrogens (tertiary/aromatic N) is 4. The fourth-order valence-corrected chi connectivity index (χ4v) is 4.00. The lowest BCUT2D eigenvalue weighted by molar-refractivity contribution is 0.00896. The summed E-state index contributed by atoms with van der Waals surface area (Å²) in [4.78, 5) is 33.7. The molecule has 0 unspecified atom stereocenters. The molecule has 0 bridgehead atoms. The lowest BCUT2D eigenvalue weighted by atomic mass is 9.97.